The number of hydrogen-bond donors (Lipinski definition) is 0. The van der Waals surface area contributed by atoms with Crippen LogP contribution in [-0.4, -0.2) is 12.1 Å². The topological polar surface area (TPSA) is 26.3 Å². The highest BCUT2D eigenvalue weighted by Gasteiger charge is 2.22. The summed E-state index contributed by atoms with van der Waals surface area (Å²) in [5.74, 6) is -5.16. The first-order valence-electron chi connectivity index (χ1n) is 5.43. The molecule has 2 rings (SSSR count). The Morgan fingerprint density at radius 3 is 2.18 bits per heavy atom. The third-order valence-corrected chi connectivity index (χ3v) is 2.80. The number of carbonyl (C=O) groups is 1. The first kappa shape index (κ1) is 12.0. The van der Waals surface area contributed by atoms with Gasteiger partial charge in [-0.25, -0.2) is 18.0 Å². The lowest BCUT2D eigenvalue weighted by Crippen LogP contribution is -2.15. The highest BCUT2D eigenvalue weighted by atomic mass is 19.2. The van der Waals surface area contributed by atoms with Crippen molar-refractivity contribution < 1.29 is 22.7 Å². The second kappa shape index (κ2) is 4.77. The average molecular weight is 244 g/mol. The molecule has 0 spiro atoms. The summed E-state index contributed by atoms with van der Waals surface area (Å²) in [4.78, 5) is 11.5. The molecule has 0 radical (unpaired) electrons. The monoisotopic (exact) mass is 244 g/mol. The minimum atomic E-state index is -1.58. The van der Waals surface area contributed by atoms with Crippen molar-refractivity contribution in [3.63, 3.8) is 0 Å². The van der Waals surface area contributed by atoms with Gasteiger partial charge in [0.2, 0.25) is 0 Å². The zero-order valence-electron chi connectivity index (χ0n) is 9.01. The van der Waals surface area contributed by atoms with Crippen molar-refractivity contribution in [2.45, 2.75) is 31.8 Å². The molecule has 0 aromatic heterocycles. The molecule has 0 saturated heterocycles. The molecule has 0 heterocycles. The van der Waals surface area contributed by atoms with Crippen molar-refractivity contribution in [2.24, 2.45) is 0 Å². The molecule has 0 unspecified atom stereocenters. The van der Waals surface area contributed by atoms with Gasteiger partial charge < -0.3 is 4.74 Å². The van der Waals surface area contributed by atoms with E-state index in [-0.39, 0.29) is 11.7 Å². The van der Waals surface area contributed by atoms with Gasteiger partial charge in [-0.05, 0) is 37.8 Å². The van der Waals surface area contributed by atoms with E-state index in [1.165, 1.54) is 0 Å². The van der Waals surface area contributed by atoms with E-state index in [1.54, 1.807) is 0 Å². The molecule has 1 aromatic carbocycles. The first-order valence-corrected chi connectivity index (χ1v) is 5.43. The van der Waals surface area contributed by atoms with Crippen molar-refractivity contribution >= 4 is 5.97 Å². The van der Waals surface area contributed by atoms with E-state index >= 15 is 0 Å². The van der Waals surface area contributed by atoms with Gasteiger partial charge in [0.25, 0.3) is 0 Å². The van der Waals surface area contributed by atoms with Gasteiger partial charge in [-0.3, -0.25) is 0 Å². The second-order valence-electron chi connectivity index (χ2n) is 4.07. The van der Waals surface area contributed by atoms with Crippen LogP contribution in [0.15, 0.2) is 12.1 Å². The standard InChI is InChI=1S/C12H11F3O2/c13-9-5-7(6-10(14)11(9)15)12(16)17-8-3-1-2-4-8/h5-6,8H,1-4H2. The third kappa shape index (κ3) is 2.60. The molecule has 0 amide bonds. The molecule has 1 aliphatic carbocycles. The van der Waals surface area contributed by atoms with Crippen LogP contribution < -0.4 is 0 Å². The van der Waals surface area contributed by atoms with Gasteiger partial charge in [0.05, 0.1) is 5.56 Å². The fourth-order valence-electron chi connectivity index (χ4n) is 1.90. The Labute approximate surface area is 96.4 Å². The lowest BCUT2D eigenvalue weighted by atomic mass is 10.2. The summed E-state index contributed by atoms with van der Waals surface area (Å²) in [7, 11) is 0. The number of hydrogen-bond acceptors (Lipinski definition) is 2. The van der Waals surface area contributed by atoms with Crippen LogP contribution in [0, 0.1) is 17.5 Å². The lowest BCUT2D eigenvalue weighted by molar-refractivity contribution is 0.0316. The molecule has 1 aromatic rings. The average Bonchev–Trinajstić information content (AvgIpc) is 2.77. The number of carbonyl (C=O) groups excluding carboxylic acids is 1. The largest absolute Gasteiger partial charge is 0.459 e. The van der Waals surface area contributed by atoms with Crippen molar-refractivity contribution in [1.82, 2.24) is 0 Å². The molecule has 5 heteroatoms. The van der Waals surface area contributed by atoms with E-state index in [0.717, 1.165) is 25.7 Å². The molecule has 2 nitrogen and oxygen atoms in total. The molecule has 92 valence electrons. The van der Waals surface area contributed by atoms with Gasteiger partial charge >= 0.3 is 5.97 Å². The number of ether oxygens (including phenoxy) is 1. The first-order chi connectivity index (χ1) is 8.08. The maximum absolute atomic E-state index is 12.9. The summed E-state index contributed by atoms with van der Waals surface area (Å²) in [6, 6.07) is 1.30. The van der Waals surface area contributed by atoms with Crippen LogP contribution in [-0.2, 0) is 4.74 Å². The van der Waals surface area contributed by atoms with Crippen LogP contribution in [0.25, 0.3) is 0 Å². The number of esters is 1. The predicted octanol–water partition coefficient (Wildman–Crippen LogP) is 3.20. The maximum atomic E-state index is 12.9. The van der Waals surface area contributed by atoms with Crippen LogP contribution >= 0.6 is 0 Å². The number of halogens is 3. The van der Waals surface area contributed by atoms with Crippen LogP contribution in [0.5, 0.6) is 0 Å². The Hall–Kier alpha value is -1.52. The fraction of sp³-hybridized carbons (Fsp3) is 0.417. The molecule has 17 heavy (non-hydrogen) atoms. The van der Waals surface area contributed by atoms with Gasteiger partial charge in [-0.15, -0.1) is 0 Å². The molecule has 0 atom stereocenters. The van der Waals surface area contributed by atoms with E-state index < -0.39 is 23.4 Å². The zero-order valence-corrected chi connectivity index (χ0v) is 9.01. The van der Waals surface area contributed by atoms with E-state index in [1.807, 2.05) is 0 Å². The molecule has 0 bridgehead atoms. The quantitative estimate of drug-likeness (QED) is 0.590. The summed E-state index contributed by atoms with van der Waals surface area (Å²) in [6.07, 6.45) is 3.28. The van der Waals surface area contributed by atoms with E-state index in [0.29, 0.717) is 12.1 Å². The SMILES string of the molecule is O=C(OC1CCCC1)c1cc(F)c(F)c(F)c1. The van der Waals surface area contributed by atoms with Gasteiger partial charge in [-0.1, -0.05) is 0 Å². The van der Waals surface area contributed by atoms with Crippen LogP contribution in [0.4, 0.5) is 13.2 Å². The third-order valence-electron chi connectivity index (χ3n) is 2.80. The Bertz CT molecular complexity index is 416. The minimum absolute atomic E-state index is 0.196. The summed E-state index contributed by atoms with van der Waals surface area (Å²) < 4.78 is 43.5. The van der Waals surface area contributed by atoms with Crippen molar-refractivity contribution in [1.29, 1.82) is 0 Å². The molecule has 0 aliphatic heterocycles. The normalized spacial score (nSPS) is 16.2. The van der Waals surface area contributed by atoms with Gasteiger partial charge in [0.1, 0.15) is 6.10 Å². The Morgan fingerprint density at radius 1 is 1.12 bits per heavy atom. The van der Waals surface area contributed by atoms with E-state index in [2.05, 4.69) is 0 Å². The van der Waals surface area contributed by atoms with Crippen LogP contribution in [0.3, 0.4) is 0 Å². The second-order valence-corrected chi connectivity index (χ2v) is 4.07. The Morgan fingerprint density at radius 2 is 1.65 bits per heavy atom. The summed E-state index contributed by atoms with van der Waals surface area (Å²) in [5, 5.41) is 0. The van der Waals surface area contributed by atoms with Crippen molar-refractivity contribution in [3.8, 4) is 0 Å². The number of rotatable bonds is 2. The Kier molecular flexibility index (Phi) is 3.36. The van der Waals surface area contributed by atoms with E-state index in [4.69, 9.17) is 4.74 Å². The molecular weight excluding hydrogens is 233 g/mol. The highest BCUT2D eigenvalue weighted by Crippen LogP contribution is 2.23. The molecular formula is C12H11F3O2. The van der Waals surface area contributed by atoms with Crippen molar-refractivity contribution in [3.05, 3.63) is 35.1 Å². The Balaban J connectivity index is 2.13. The molecule has 1 saturated carbocycles. The van der Waals surface area contributed by atoms with E-state index in [9.17, 15) is 18.0 Å². The maximum Gasteiger partial charge on any atom is 0.338 e. The summed E-state index contributed by atoms with van der Waals surface area (Å²) in [6.45, 7) is 0. The molecule has 1 fully saturated rings. The van der Waals surface area contributed by atoms with Gasteiger partial charge in [0, 0.05) is 0 Å². The van der Waals surface area contributed by atoms with Gasteiger partial charge in [-0.2, -0.15) is 0 Å². The predicted molar refractivity (Wildman–Crippen MR) is 54.0 cm³/mol. The molecule has 1 aliphatic rings. The molecule has 0 N–H and O–H groups in total. The minimum Gasteiger partial charge on any atom is -0.459 e. The summed E-state index contributed by atoms with van der Waals surface area (Å²) >= 11 is 0. The lowest BCUT2D eigenvalue weighted by Gasteiger charge is -2.11. The fourth-order valence-corrected chi connectivity index (χ4v) is 1.90. The van der Waals surface area contributed by atoms with Gasteiger partial charge in [0.15, 0.2) is 17.5 Å². The van der Waals surface area contributed by atoms with Crippen molar-refractivity contribution in [2.75, 3.05) is 0 Å². The van der Waals surface area contributed by atoms with Crippen LogP contribution in [0.1, 0.15) is 36.0 Å². The highest BCUT2D eigenvalue weighted by molar-refractivity contribution is 5.89. The zero-order chi connectivity index (χ0) is 12.4. The smallest absolute Gasteiger partial charge is 0.338 e. The number of benzene rings is 1. The summed E-state index contributed by atoms with van der Waals surface area (Å²) in [5.41, 5.74) is -0.298. The van der Waals surface area contributed by atoms with Crippen LogP contribution in [0.2, 0.25) is 0 Å².